The summed E-state index contributed by atoms with van der Waals surface area (Å²) < 4.78 is 11.5. The number of dihydropyridines is 1. The molecule has 4 nitrogen and oxygen atoms in total. The number of carbonyl (C=O) groups excluding carboxylic acids is 1. The van der Waals surface area contributed by atoms with Crippen molar-refractivity contribution in [1.82, 2.24) is 0 Å². The van der Waals surface area contributed by atoms with Crippen molar-refractivity contribution in [2.45, 2.75) is 33.1 Å². The van der Waals surface area contributed by atoms with E-state index in [2.05, 4.69) is 4.99 Å². The Morgan fingerprint density at radius 3 is 2.52 bits per heavy atom. The molecule has 3 rings (SSSR count). The van der Waals surface area contributed by atoms with E-state index in [0.29, 0.717) is 25.3 Å². The first-order chi connectivity index (χ1) is 13.0. The first-order valence-electron chi connectivity index (χ1n) is 9.02. The van der Waals surface area contributed by atoms with E-state index in [1.807, 2.05) is 62.4 Å². The molecule has 0 bridgehead atoms. The van der Waals surface area contributed by atoms with Crippen LogP contribution in [0.4, 0.5) is 0 Å². The molecule has 0 radical (unpaired) electrons. The molecule has 0 spiro atoms. The lowest BCUT2D eigenvalue weighted by atomic mass is 10.1. The van der Waals surface area contributed by atoms with Gasteiger partial charge in [0.1, 0.15) is 11.5 Å². The summed E-state index contributed by atoms with van der Waals surface area (Å²) in [6, 6.07) is 13.5. The molecule has 0 saturated heterocycles. The molecule has 1 amide bonds. The molecule has 27 heavy (non-hydrogen) atoms. The molecule has 0 unspecified atom stereocenters. The second kappa shape index (κ2) is 8.87. The topological polar surface area (TPSA) is 47.9 Å². The molecule has 1 aliphatic heterocycles. The number of benzene rings is 2. The fraction of sp³-hybridized carbons (Fsp3) is 0.273. The minimum absolute atomic E-state index is 0.183. The number of nitrogens with zero attached hydrogens (tertiary/aromatic N) is 1. The van der Waals surface area contributed by atoms with E-state index < -0.39 is 0 Å². The minimum Gasteiger partial charge on any atom is -0.480 e. The Balaban J connectivity index is 1.49. The molecule has 2 aromatic carbocycles. The Morgan fingerprint density at radius 2 is 1.85 bits per heavy atom. The third kappa shape index (κ3) is 5.20. The highest BCUT2D eigenvalue weighted by Gasteiger charge is 2.14. The highest BCUT2D eigenvalue weighted by atomic mass is 35.5. The summed E-state index contributed by atoms with van der Waals surface area (Å²) in [7, 11) is 0. The van der Waals surface area contributed by atoms with Crippen LogP contribution in [0.2, 0.25) is 5.02 Å². The van der Waals surface area contributed by atoms with Gasteiger partial charge in [-0.05, 0) is 54.8 Å². The largest absolute Gasteiger partial charge is 0.480 e. The van der Waals surface area contributed by atoms with Gasteiger partial charge in [0, 0.05) is 23.4 Å². The number of ether oxygens (including phenoxy) is 2. The van der Waals surface area contributed by atoms with Crippen molar-refractivity contribution < 1.29 is 14.3 Å². The maximum absolute atomic E-state index is 11.7. The van der Waals surface area contributed by atoms with Crippen molar-refractivity contribution in [2.75, 3.05) is 6.61 Å². The highest BCUT2D eigenvalue weighted by molar-refractivity contribution is 6.31. The molecule has 0 atom stereocenters. The van der Waals surface area contributed by atoms with Crippen LogP contribution < -0.4 is 4.74 Å². The SMILES string of the molecule is CCC1=CCC(OCCc2ccc(Oc3ccc(Cl)c(C)c3)cc2)=NC1=O. The van der Waals surface area contributed by atoms with Crippen molar-refractivity contribution in [3.63, 3.8) is 0 Å². The van der Waals surface area contributed by atoms with E-state index in [4.69, 9.17) is 21.1 Å². The average Bonchev–Trinajstić information content (AvgIpc) is 2.66. The summed E-state index contributed by atoms with van der Waals surface area (Å²) in [5.74, 6) is 1.83. The van der Waals surface area contributed by atoms with Crippen LogP contribution in [-0.4, -0.2) is 18.4 Å². The normalized spacial score (nSPS) is 13.8. The maximum Gasteiger partial charge on any atom is 0.275 e. The number of hydrogen-bond donors (Lipinski definition) is 0. The fourth-order valence-corrected chi connectivity index (χ4v) is 2.86. The fourth-order valence-electron chi connectivity index (χ4n) is 2.74. The first kappa shape index (κ1) is 19.2. The quantitative estimate of drug-likeness (QED) is 0.646. The molecule has 0 fully saturated rings. The third-order valence-corrected chi connectivity index (χ3v) is 4.78. The van der Waals surface area contributed by atoms with E-state index in [0.717, 1.165) is 39.6 Å². The minimum atomic E-state index is -0.183. The Hall–Kier alpha value is -2.59. The molecule has 0 aliphatic carbocycles. The van der Waals surface area contributed by atoms with Gasteiger partial charge in [0.15, 0.2) is 5.90 Å². The number of hydrogen-bond acceptors (Lipinski definition) is 3. The van der Waals surface area contributed by atoms with E-state index >= 15 is 0 Å². The number of aryl methyl sites for hydroxylation is 1. The second-order valence-corrected chi connectivity index (χ2v) is 6.76. The number of carbonyl (C=O) groups is 1. The Kier molecular flexibility index (Phi) is 6.30. The van der Waals surface area contributed by atoms with Gasteiger partial charge in [-0.15, -0.1) is 0 Å². The Morgan fingerprint density at radius 1 is 1.11 bits per heavy atom. The number of amides is 1. The summed E-state index contributed by atoms with van der Waals surface area (Å²) in [4.78, 5) is 15.7. The second-order valence-electron chi connectivity index (χ2n) is 6.35. The summed E-state index contributed by atoms with van der Waals surface area (Å²) in [5.41, 5.74) is 2.86. The Bertz CT molecular complexity index is 885. The van der Waals surface area contributed by atoms with Gasteiger partial charge in [0.05, 0.1) is 6.61 Å². The van der Waals surface area contributed by atoms with Crippen molar-refractivity contribution in [3.8, 4) is 11.5 Å². The molecular weight excluding hydrogens is 362 g/mol. The maximum atomic E-state index is 11.7. The van der Waals surface area contributed by atoms with Crippen LogP contribution in [0.5, 0.6) is 11.5 Å². The van der Waals surface area contributed by atoms with Gasteiger partial charge in [-0.2, -0.15) is 4.99 Å². The van der Waals surface area contributed by atoms with Gasteiger partial charge in [-0.25, -0.2) is 0 Å². The first-order valence-corrected chi connectivity index (χ1v) is 9.39. The lowest BCUT2D eigenvalue weighted by Gasteiger charge is -2.12. The standard InChI is InChI=1S/C22H22ClNO3/c1-3-17-6-11-21(24-22(17)25)26-13-12-16-4-7-18(8-5-16)27-19-9-10-20(23)15(2)14-19/h4-10,14H,3,11-13H2,1-2H3. The molecule has 0 saturated carbocycles. The van der Waals surface area contributed by atoms with Crippen LogP contribution in [0, 0.1) is 6.92 Å². The zero-order valence-electron chi connectivity index (χ0n) is 15.5. The van der Waals surface area contributed by atoms with E-state index in [1.165, 1.54) is 0 Å². The molecule has 5 heteroatoms. The van der Waals surface area contributed by atoms with Crippen LogP contribution in [0.1, 0.15) is 30.9 Å². The zero-order chi connectivity index (χ0) is 19.2. The molecule has 1 aliphatic rings. The van der Waals surface area contributed by atoms with Crippen LogP contribution in [0.15, 0.2) is 59.1 Å². The van der Waals surface area contributed by atoms with Gasteiger partial charge >= 0.3 is 0 Å². The lowest BCUT2D eigenvalue weighted by Crippen LogP contribution is -2.15. The van der Waals surface area contributed by atoms with Gasteiger partial charge in [-0.1, -0.05) is 36.7 Å². The number of aliphatic imine (C=N–C) groups is 1. The van der Waals surface area contributed by atoms with Crippen LogP contribution in [-0.2, 0) is 16.0 Å². The molecule has 140 valence electrons. The lowest BCUT2D eigenvalue weighted by molar-refractivity contribution is -0.114. The van der Waals surface area contributed by atoms with Crippen molar-refractivity contribution in [2.24, 2.45) is 4.99 Å². The van der Waals surface area contributed by atoms with Gasteiger partial charge < -0.3 is 9.47 Å². The summed E-state index contributed by atoms with van der Waals surface area (Å²) in [6.45, 7) is 4.38. The van der Waals surface area contributed by atoms with Gasteiger partial charge in [-0.3, -0.25) is 4.79 Å². The number of rotatable bonds is 6. The molecular formula is C22H22ClNO3. The van der Waals surface area contributed by atoms with Crippen molar-refractivity contribution in [3.05, 3.63) is 70.3 Å². The predicted molar refractivity (Wildman–Crippen MR) is 108 cm³/mol. The third-order valence-electron chi connectivity index (χ3n) is 4.35. The average molecular weight is 384 g/mol. The van der Waals surface area contributed by atoms with Crippen LogP contribution in [0.3, 0.4) is 0 Å². The van der Waals surface area contributed by atoms with E-state index in [-0.39, 0.29) is 5.91 Å². The summed E-state index contributed by atoms with van der Waals surface area (Å²) in [5, 5.41) is 0.725. The zero-order valence-corrected chi connectivity index (χ0v) is 16.3. The summed E-state index contributed by atoms with van der Waals surface area (Å²) >= 11 is 6.03. The molecule has 1 heterocycles. The molecule has 0 aromatic heterocycles. The number of halogens is 1. The summed E-state index contributed by atoms with van der Waals surface area (Å²) in [6.07, 6.45) is 3.93. The van der Waals surface area contributed by atoms with Gasteiger partial charge in [0.25, 0.3) is 5.91 Å². The van der Waals surface area contributed by atoms with E-state index in [9.17, 15) is 4.79 Å². The monoisotopic (exact) mass is 383 g/mol. The van der Waals surface area contributed by atoms with Crippen LogP contribution >= 0.6 is 11.6 Å². The smallest absolute Gasteiger partial charge is 0.275 e. The van der Waals surface area contributed by atoms with Crippen LogP contribution in [0.25, 0.3) is 0 Å². The molecule has 2 aromatic rings. The van der Waals surface area contributed by atoms with Crippen molar-refractivity contribution >= 4 is 23.4 Å². The highest BCUT2D eigenvalue weighted by Crippen LogP contribution is 2.26. The Labute approximate surface area is 164 Å². The van der Waals surface area contributed by atoms with Gasteiger partial charge in [0.2, 0.25) is 0 Å². The van der Waals surface area contributed by atoms with E-state index in [1.54, 1.807) is 0 Å². The molecule has 0 N–H and O–H groups in total. The predicted octanol–water partition coefficient (Wildman–Crippen LogP) is 5.67. The van der Waals surface area contributed by atoms with Crippen molar-refractivity contribution in [1.29, 1.82) is 0 Å².